The van der Waals surface area contributed by atoms with E-state index >= 15 is 0 Å². The number of halogens is 3. The molecule has 13 nitrogen and oxygen atoms in total. The molecule has 1 aromatic rings. The Kier molecular flexibility index (Phi) is 19.2. The summed E-state index contributed by atoms with van der Waals surface area (Å²) in [6, 6.07) is 5.28. The first-order valence-electron chi connectivity index (χ1n) is 16.1. The van der Waals surface area contributed by atoms with Gasteiger partial charge in [-0.15, -0.1) is 0 Å². The van der Waals surface area contributed by atoms with Gasteiger partial charge in [0.15, 0.2) is 0 Å². The zero-order valence-corrected chi connectivity index (χ0v) is 27.4. The van der Waals surface area contributed by atoms with Crippen molar-refractivity contribution in [3.8, 4) is 0 Å². The second-order valence-corrected chi connectivity index (χ2v) is 12.2. The summed E-state index contributed by atoms with van der Waals surface area (Å²) in [7, 11) is 0. The van der Waals surface area contributed by atoms with E-state index in [1.165, 1.54) is 0 Å². The molecular weight excluding hydrogens is 639 g/mol. The standard InChI is InChI=1S/C30H49N5O6.C2HF3O2/c1-20(2)26(28(38)32-23(19-36)17-21-11-5-3-6-12-21)35-27(37)25(18-22-13-7-4-8-14-22)34-30(41)33-24(29(39)40)15-9-10-16-31;3-2(4,5)1(6)7/h3,5-6,11-12,20,22-26,36H,4,7-10,13-19,31H2,1-2H3,(H,32,38)(H,35,37)(H,39,40)(H2,33,34,41);(H,6,7)/t23-,24-,25+,26?;/m0./s1. The van der Waals surface area contributed by atoms with E-state index in [0.717, 1.165) is 37.7 Å². The van der Waals surface area contributed by atoms with Crippen molar-refractivity contribution >= 4 is 29.8 Å². The molecule has 1 unspecified atom stereocenters. The molecule has 16 heteroatoms. The molecule has 1 aliphatic carbocycles. The third-order valence-electron chi connectivity index (χ3n) is 7.85. The van der Waals surface area contributed by atoms with Crippen molar-refractivity contribution in [3.05, 3.63) is 35.9 Å². The molecular formula is C32H50F3N5O8. The van der Waals surface area contributed by atoms with Crippen LogP contribution in [0.2, 0.25) is 0 Å². The van der Waals surface area contributed by atoms with Gasteiger partial charge in [-0.1, -0.05) is 76.3 Å². The van der Waals surface area contributed by atoms with Crippen LogP contribution in [0.4, 0.5) is 18.0 Å². The molecule has 0 aliphatic heterocycles. The molecule has 1 aliphatic rings. The van der Waals surface area contributed by atoms with Gasteiger partial charge in [0, 0.05) is 0 Å². The van der Waals surface area contributed by atoms with Crippen LogP contribution >= 0.6 is 0 Å². The van der Waals surface area contributed by atoms with E-state index < -0.39 is 60.1 Å². The summed E-state index contributed by atoms with van der Waals surface area (Å²) in [5, 5.41) is 37.4. The lowest BCUT2D eigenvalue weighted by Gasteiger charge is -2.30. The lowest BCUT2D eigenvalue weighted by molar-refractivity contribution is -0.192. The number of aliphatic hydroxyl groups is 1. The molecule has 0 heterocycles. The summed E-state index contributed by atoms with van der Waals surface area (Å²) in [5.74, 6) is -4.87. The van der Waals surface area contributed by atoms with Gasteiger partial charge in [-0.05, 0) is 56.0 Å². The minimum atomic E-state index is -5.08. The Morgan fingerprint density at radius 3 is 1.96 bits per heavy atom. The summed E-state index contributed by atoms with van der Waals surface area (Å²) < 4.78 is 31.7. The van der Waals surface area contributed by atoms with E-state index in [0.29, 0.717) is 32.2 Å². The van der Waals surface area contributed by atoms with Crippen molar-refractivity contribution in [2.75, 3.05) is 13.2 Å². The number of carboxylic acid groups (broad SMARTS) is 2. The normalized spacial score (nSPS) is 15.9. The van der Waals surface area contributed by atoms with E-state index in [1.807, 2.05) is 44.2 Å². The maximum Gasteiger partial charge on any atom is 0.490 e. The number of urea groups is 1. The number of nitrogens with one attached hydrogen (secondary N) is 4. The number of rotatable bonds is 17. The van der Waals surface area contributed by atoms with E-state index in [2.05, 4.69) is 21.3 Å². The minimum absolute atomic E-state index is 0.226. The Morgan fingerprint density at radius 2 is 1.46 bits per heavy atom. The number of carbonyl (C=O) groups excluding carboxylic acids is 3. The van der Waals surface area contributed by atoms with Crippen molar-refractivity contribution in [2.24, 2.45) is 17.6 Å². The largest absolute Gasteiger partial charge is 0.490 e. The van der Waals surface area contributed by atoms with Gasteiger partial charge >= 0.3 is 24.1 Å². The Bertz CT molecular complexity index is 1150. The second kappa shape index (κ2) is 21.9. The molecule has 0 radical (unpaired) electrons. The van der Waals surface area contributed by atoms with Gasteiger partial charge in [0.2, 0.25) is 11.8 Å². The quantitative estimate of drug-likeness (QED) is 0.113. The van der Waals surface area contributed by atoms with E-state index in [4.69, 9.17) is 15.6 Å². The lowest BCUT2D eigenvalue weighted by Crippen LogP contribution is -2.59. The maximum absolute atomic E-state index is 13.5. The zero-order chi connectivity index (χ0) is 36.3. The van der Waals surface area contributed by atoms with Crippen molar-refractivity contribution in [1.82, 2.24) is 21.3 Å². The SMILES string of the molecule is CC(C)C(NC(=O)[C@@H](CC1CCCCC1)NC(=O)N[C@@H](CCCCN)C(=O)O)C(=O)N[C@H](CO)Cc1ccccc1.O=C(O)C(F)(F)F. The molecule has 0 bridgehead atoms. The maximum atomic E-state index is 13.5. The number of carboxylic acids is 2. The molecule has 0 aromatic heterocycles. The van der Waals surface area contributed by atoms with Crippen molar-refractivity contribution < 1.29 is 52.5 Å². The number of amides is 4. The third kappa shape index (κ3) is 16.8. The number of nitrogens with two attached hydrogens (primary N) is 1. The van der Waals surface area contributed by atoms with Gasteiger partial charge in [-0.2, -0.15) is 13.2 Å². The first-order valence-corrected chi connectivity index (χ1v) is 16.1. The highest BCUT2D eigenvalue weighted by Gasteiger charge is 2.38. The first kappa shape index (κ1) is 42.1. The number of aliphatic carboxylic acids is 2. The van der Waals surface area contributed by atoms with Gasteiger partial charge < -0.3 is 42.3 Å². The van der Waals surface area contributed by atoms with Gasteiger partial charge in [-0.3, -0.25) is 9.59 Å². The highest BCUT2D eigenvalue weighted by molar-refractivity contribution is 5.92. The average Bonchev–Trinajstić information content (AvgIpc) is 3.03. The fourth-order valence-electron chi connectivity index (χ4n) is 5.24. The van der Waals surface area contributed by atoms with Gasteiger partial charge in [-0.25, -0.2) is 14.4 Å². The fourth-order valence-corrected chi connectivity index (χ4v) is 5.24. The fraction of sp³-hybridized carbons (Fsp3) is 0.656. The molecule has 272 valence electrons. The van der Waals surface area contributed by atoms with Gasteiger partial charge in [0.1, 0.15) is 18.1 Å². The smallest absolute Gasteiger partial charge is 0.480 e. The molecule has 2 rings (SSSR count). The van der Waals surface area contributed by atoms with E-state index in [1.54, 1.807) is 0 Å². The molecule has 0 saturated heterocycles. The summed E-state index contributed by atoms with van der Waals surface area (Å²) in [6.45, 7) is 3.79. The highest BCUT2D eigenvalue weighted by atomic mass is 19.4. The topological polar surface area (TPSA) is 220 Å². The van der Waals surface area contributed by atoms with Crippen LogP contribution in [0.1, 0.15) is 77.2 Å². The Morgan fingerprint density at radius 1 is 0.875 bits per heavy atom. The molecule has 1 saturated carbocycles. The highest BCUT2D eigenvalue weighted by Crippen LogP contribution is 2.27. The Hall–Kier alpha value is -3.92. The number of carbonyl (C=O) groups is 5. The summed E-state index contributed by atoms with van der Waals surface area (Å²) >= 11 is 0. The molecule has 9 N–H and O–H groups in total. The van der Waals surface area contributed by atoms with Crippen LogP contribution < -0.4 is 27.0 Å². The van der Waals surface area contributed by atoms with Crippen molar-refractivity contribution in [2.45, 2.75) is 108 Å². The number of hydrogen-bond acceptors (Lipinski definition) is 7. The summed E-state index contributed by atoms with van der Waals surface area (Å²) in [5.41, 5.74) is 6.46. The van der Waals surface area contributed by atoms with Crippen LogP contribution in [0.5, 0.6) is 0 Å². The first-order chi connectivity index (χ1) is 22.6. The van der Waals surface area contributed by atoms with Crippen molar-refractivity contribution in [3.63, 3.8) is 0 Å². The number of aliphatic hydroxyl groups excluding tert-OH is 1. The van der Waals surface area contributed by atoms with Crippen LogP contribution in [-0.4, -0.2) is 88.6 Å². The van der Waals surface area contributed by atoms with E-state index in [9.17, 15) is 42.6 Å². The van der Waals surface area contributed by atoms with Crippen LogP contribution in [0.25, 0.3) is 0 Å². The number of unbranched alkanes of at least 4 members (excludes halogenated alkanes) is 1. The summed E-state index contributed by atoms with van der Waals surface area (Å²) in [6.07, 6.45) is 2.27. The number of alkyl halides is 3. The monoisotopic (exact) mass is 689 g/mol. The van der Waals surface area contributed by atoms with Gasteiger partial charge in [0.25, 0.3) is 0 Å². The van der Waals surface area contributed by atoms with Crippen molar-refractivity contribution in [1.29, 1.82) is 0 Å². The summed E-state index contributed by atoms with van der Waals surface area (Å²) in [4.78, 5) is 60.2. The third-order valence-corrected chi connectivity index (χ3v) is 7.85. The van der Waals surface area contributed by atoms with Crippen LogP contribution in [0.15, 0.2) is 30.3 Å². The average molecular weight is 690 g/mol. The molecule has 48 heavy (non-hydrogen) atoms. The minimum Gasteiger partial charge on any atom is -0.480 e. The van der Waals surface area contributed by atoms with Crippen LogP contribution in [-0.2, 0) is 25.6 Å². The predicted molar refractivity (Wildman–Crippen MR) is 171 cm³/mol. The number of hydrogen-bond donors (Lipinski definition) is 8. The van der Waals surface area contributed by atoms with Crippen LogP contribution in [0, 0.1) is 11.8 Å². The van der Waals surface area contributed by atoms with Gasteiger partial charge in [0.05, 0.1) is 12.6 Å². The Labute approximate surface area is 278 Å². The number of benzene rings is 1. The second-order valence-electron chi connectivity index (χ2n) is 12.2. The predicted octanol–water partition coefficient (Wildman–Crippen LogP) is 2.70. The Balaban J connectivity index is 0.00000148. The van der Waals surface area contributed by atoms with Crippen LogP contribution in [0.3, 0.4) is 0 Å². The molecule has 1 fully saturated rings. The molecule has 0 spiro atoms. The zero-order valence-electron chi connectivity index (χ0n) is 27.4. The van der Waals surface area contributed by atoms with E-state index in [-0.39, 0.29) is 24.9 Å². The molecule has 4 atom stereocenters. The lowest BCUT2D eigenvalue weighted by atomic mass is 9.84. The molecule has 1 aromatic carbocycles. The molecule has 4 amide bonds.